The van der Waals surface area contributed by atoms with Crippen molar-refractivity contribution in [2.45, 2.75) is 10.8 Å². The van der Waals surface area contributed by atoms with Crippen molar-refractivity contribution in [3.63, 3.8) is 0 Å². The first-order valence-electron chi connectivity index (χ1n) is 23.8. The quantitative estimate of drug-likeness (QED) is 0.164. The first-order valence-corrected chi connectivity index (χ1v) is 23.8. The minimum atomic E-state index is -0.596. The number of rotatable bonds is 2. The first kappa shape index (κ1) is 36.5. The zero-order valence-corrected chi connectivity index (χ0v) is 37.0. The highest BCUT2D eigenvalue weighted by atomic mass is 15.0. The molecule has 2 aromatic heterocycles. The van der Waals surface area contributed by atoms with E-state index in [0.717, 1.165) is 11.4 Å². The fraction of sp³-hybridized carbons (Fsp3) is 0.0303. The van der Waals surface area contributed by atoms with Gasteiger partial charge in [0.2, 0.25) is 0 Å². The van der Waals surface area contributed by atoms with Crippen LogP contribution in [0.4, 0.5) is 0 Å². The van der Waals surface area contributed by atoms with Gasteiger partial charge in [0.05, 0.1) is 32.9 Å². The van der Waals surface area contributed by atoms with Crippen LogP contribution in [0.1, 0.15) is 44.5 Å². The van der Waals surface area contributed by atoms with Crippen LogP contribution >= 0.6 is 0 Å². The van der Waals surface area contributed by atoms with E-state index < -0.39 is 10.8 Å². The number of aromatic nitrogens is 2. The summed E-state index contributed by atoms with van der Waals surface area (Å²) >= 11 is 0. The molecule has 13 aromatic rings. The molecule has 68 heavy (non-hydrogen) atoms. The summed E-state index contributed by atoms with van der Waals surface area (Å²) in [7, 11) is 0. The van der Waals surface area contributed by atoms with Gasteiger partial charge in [0, 0.05) is 38.3 Å². The minimum absolute atomic E-state index is 0.491. The predicted molar refractivity (Wildman–Crippen MR) is 281 cm³/mol. The summed E-state index contributed by atoms with van der Waals surface area (Å²) in [5.41, 5.74) is 22.1. The van der Waals surface area contributed by atoms with Crippen LogP contribution in [0.25, 0.3) is 88.0 Å². The van der Waals surface area contributed by atoms with Gasteiger partial charge in [-0.25, -0.2) is 0 Å². The topological polar surface area (TPSA) is 9.86 Å². The monoisotopic (exact) mass is 860 g/mol. The van der Waals surface area contributed by atoms with Crippen LogP contribution in [0.5, 0.6) is 0 Å². The highest BCUT2D eigenvalue weighted by Crippen LogP contribution is 2.67. The fourth-order valence-corrected chi connectivity index (χ4v) is 13.7. The lowest BCUT2D eigenvalue weighted by molar-refractivity contribution is 0.633. The summed E-state index contributed by atoms with van der Waals surface area (Å²) in [6.45, 7) is 0. The fourth-order valence-electron chi connectivity index (χ4n) is 13.7. The molecule has 0 atom stereocenters. The third-order valence-electron chi connectivity index (χ3n) is 16.2. The zero-order chi connectivity index (χ0) is 44.3. The Morgan fingerprint density at radius 2 is 0.721 bits per heavy atom. The molecule has 16 rings (SSSR count). The smallest absolute Gasteiger partial charge is 0.0720 e. The second-order valence-electron chi connectivity index (χ2n) is 19.1. The number of hydrogen-bond acceptors (Lipinski definition) is 0. The van der Waals surface area contributed by atoms with E-state index in [1.54, 1.807) is 0 Å². The molecular weight excluding hydrogens is 821 g/mol. The average molecular weight is 861 g/mol. The van der Waals surface area contributed by atoms with E-state index in [4.69, 9.17) is 0 Å². The third kappa shape index (κ3) is 4.26. The van der Waals surface area contributed by atoms with Crippen LogP contribution in [0.15, 0.2) is 243 Å². The van der Waals surface area contributed by atoms with E-state index >= 15 is 0 Å². The summed E-state index contributed by atoms with van der Waals surface area (Å²) in [5.74, 6) is 0. The largest absolute Gasteiger partial charge is 0.309 e. The molecular formula is C66H40N2. The van der Waals surface area contributed by atoms with Crippen LogP contribution in [0, 0.1) is 0 Å². The average Bonchev–Trinajstić information content (AvgIpc) is 4.10. The first-order chi connectivity index (χ1) is 33.8. The Morgan fingerprint density at radius 3 is 1.37 bits per heavy atom. The number of para-hydroxylation sites is 2. The molecule has 2 heterocycles. The molecule has 0 saturated carbocycles. The molecule has 0 aliphatic heterocycles. The van der Waals surface area contributed by atoms with Gasteiger partial charge in [-0.05, 0) is 121 Å². The summed E-state index contributed by atoms with van der Waals surface area (Å²) in [6, 6.07) is 91.9. The number of hydrogen-bond donors (Lipinski definition) is 0. The Labute approximate surface area is 393 Å². The zero-order valence-electron chi connectivity index (χ0n) is 37.0. The lowest BCUT2D eigenvalue weighted by atomic mass is 9.52. The van der Waals surface area contributed by atoms with Gasteiger partial charge in [-0.15, -0.1) is 0 Å². The van der Waals surface area contributed by atoms with Gasteiger partial charge in [-0.2, -0.15) is 0 Å². The van der Waals surface area contributed by atoms with E-state index in [-0.39, 0.29) is 0 Å². The Morgan fingerprint density at radius 1 is 0.235 bits per heavy atom. The van der Waals surface area contributed by atoms with Crippen molar-refractivity contribution in [3.05, 3.63) is 287 Å². The highest BCUT2D eigenvalue weighted by molar-refractivity contribution is 6.20. The van der Waals surface area contributed by atoms with Gasteiger partial charge in [-0.3, -0.25) is 0 Å². The van der Waals surface area contributed by atoms with Crippen molar-refractivity contribution in [1.82, 2.24) is 9.13 Å². The van der Waals surface area contributed by atoms with Gasteiger partial charge in [0.25, 0.3) is 0 Å². The molecule has 2 heteroatoms. The van der Waals surface area contributed by atoms with Crippen LogP contribution in [-0.2, 0) is 10.8 Å². The van der Waals surface area contributed by atoms with E-state index in [0.29, 0.717) is 0 Å². The lowest BCUT2D eigenvalue weighted by Gasteiger charge is -2.48. The van der Waals surface area contributed by atoms with Crippen LogP contribution < -0.4 is 0 Å². The van der Waals surface area contributed by atoms with E-state index in [2.05, 4.69) is 252 Å². The minimum Gasteiger partial charge on any atom is -0.309 e. The summed E-state index contributed by atoms with van der Waals surface area (Å²) < 4.78 is 5.00. The maximum Gasteiger partial charge on any atom is 0.0720 e. The summed E-state index contributed by atoms with van der Waals surface area (Å²) in [5, 5.41) is 7.48. The van der Waals surface area contributed by atoms with E-state index in [1.165, 1.54) is 121 Å². The van der Waals surface area contributed by atoms with Crippen molar-refractivity contribution >= 4 is 54.4 Å². The predicted octanol–water partition coefficient (Wildman–Crippen LogP) is 16.1. The van der Waals surface area contributed by atoms with Gasteiger partial charge in [0.15, 0.2) is 0 Å². The molecule has 3 aliphatic carbocycles. The summed E-state index contributed by atoms with van der Waals surface area (Å²) in [6.07, 6.45) is 0. The molecule has 0 saturated heterocycles. The molecule has 2 nitrogen and oxygen atoms in total. The molecule has 3 aliphatic rings. The number of nitrogens with zero attached hydrogens (tertiary/aromatic N) is 2. The molecule has 2 spiro atoms. The Kier molecular flexibility index (Phi) is 6.98. The second-order valence-corrected chi connectivity index (χ2v) is 19.1. The van der Waals surface area contributed by atoms with Crippen molar-refractivity contribution in [3.8, 4) is 33.6 Å². The molecule has 0 fully saturated rings. The normalized spacial score (nSPS) is 14.4. The van der Waals surface area contributed by atoms with Crippen LogP contribution in [0.2, 0.25) is 0 Å². The van der Waals surface area contributed by atoms with E-state index in [1.807, 2.05) is 0 Å². The molecule has 0 unspecified atom stereocenters. The van der Waals surface area contributed by atoms with Gasteiger partial charge in [-0.1, -0.05) is 194 Å². The third-order valence-corrected chi connectivity index (χ3v) is 16.2. The lowest BCUT2D eigenvalue weighted by Crippen LogP contribution is -2.43. The number of fused-ring (bicyclic) bond motifs is 24. The van der Waals surface area contributed by atoms with Crippen molar-refractivity contribution in [2.24, 2.45) is 0 Å². The van der Waals surface area contributed by atoms with Crippen LogP contribution in [-0.4, -0.2) is 9.13 Å². The van der Waals surface area contributed by atoms with Crippen molar-refractivity contribution in [2.75, 3.05) is 0 Å². The van der Waals surface area contributed by atoms with Gasteiger partial charge in [0.1, 0.15) is 0 Å². The number of benzene rings is 11. The Balaban J connectivity index is 1.05. The molecule has 11 aromatic carbocycles. The van der Waals surface area contributed by atoms with Gasteiger partial charge < -0.3 is 9.13 Å². The maximum absolute atomic E-state index is 2.60. The molecule has 0 N–H and O–H groups in total. The van der Waals surface area contributed by atoms with E-state index in [9.17, 15) is 0 Å². The standard InChI is InChI=1S/C66H40N2/c1-2-19-42(20-3-1)67-61-33-17-9-25-48(61)51-38-43(35-37-62(51)67)68-63-40-60-50(39-52(63)49-36-34-41-18-4-5-21-44(41)64(49)68)47-24-8-12-28-55(47)66(60)58-31-15-13-29-56(58)65(57-30-14-16-32-59(57)66)53-26-10-6-22-45(53)46-23-7-11-27-54(46)65/h1-40H. The van der Waals surface area contributed by atoms with Crippen LogP contribution in [0.3, 0.4) is 0 Å². The Bertz CT molecular complexity index is 4240. The van der Waals surface area contributed by atoms with Gasteiger partial charge >= 0.3 is 0 Å². The molecule has 314 valence electrons. The molecule has 0 amide bonds. The Hall–Kier alpha value is -8.72. The summed E-state index contributed by atoms with van der Waals surface area (Å²) in [4.78, 5) is 0. The second kappa shape index (κ2) is 13.0. The van der Waals surface area contributed by atoms with Crippen molar-refractivity contribution < 1.29 is 0 Å². The SMILES string of the molecule is c1ccc(-n2c3ccccc3c3cc(-n4c5cc6c(cc5c5ccc7ccccc7c54)-c4ccccc4C64c5ccccc5C5(c6ccccc6-c6ccccc65)c5ccccc54)ccc32)cc1. The molecule has 0 radical (unpaired) electrons. The van der Waals surface area contributed by atoms with Crippen molar-refractivity contribution in [1.29, 1.82) is 0 Å². The maximum atomic E-state index is 2.60. The highest BCUT2D eigenvalue weighted by Gasteiger charge is 2.59. The molecule has 0 bridgehead atoms.